The number of aromatic nitrogens is 2. The van der Waals surface area contributed by atoms with Crippen molar-refractivity contribution in [2.24, 2.45) is 0 Å². The van der Waals surface area contributed by atoms with E-state index in [1.54, 1.807) is 0 Å². The molecule has 656 valence electrons. The maximum absolute atomic E-state index is 9.86. The standard InChI is InChI=1S/C53H34N2.C50H32.C36H24/c1-2-16-44(17-3-1)55-50-21-11-10-20-49(50)54-53(55)38-26-22-37(23-27-38)41-30-31-47-48(34-41)52(43-29-25-36-13-5-7-15-40(36)33-43)46-19-9-8-18-45(46)51(47)42-28-24-35-12-4-6-14-39(35)32-42;1-2-14-38-31-39(28-25-33(38)11-1)34-23-26-37(27-24-34)49-45-19-7-8-20-46(45)50(44-22-10-16-36-13-4-6-18-42(36)44)48-32-40(29-30-47(48)49)43-21-9-15-35-12-3-5-17-41(35)43;1-3-13-26(14-4-1)35-31-19-9-10-20-32(31)36(27-15-5-2-6-16-27)34-24-28(22-23-33(34)35)30-21-11-17-25-12-7-8-18-29(25)30/h1-34H;1-32H;1-24H/i;;1D,2D,3D,4D,5D,6D,7D,8D,9D,10D,11D,12D,13D,14D,15D,16D,17D,18D,19D,20D,21D,22D,23D,24D. The summed E-state index contributed by atoms with van der Waals surface area (Å²) >= 11 is 0. The number of benzene rings is 27. The highest BCUT2D eigenvalue weighted by Crippen LogP contribution is 2.52. The Labute approximate surface area is 851 Å². The van der Waals surface area contributed by atoms with E-state index < -0.39 is 211 Å². The van der Waals surface area contributed by atoms with E-state index in [1.807, 2.05) is 0 Å². The lowest BCUT2D eigenvalue weighted by Crippen LogP contribution is -1.97. The van der Waals surface area contributed by atoms with Crippen LogP contribution >= 0.6 is 0 Å². The molecule has 28 rings (SSSR count). The highest BCUT2D eigenvalue weighted by molar-refractivity contribution is 6.27. The average molecular weight is 1810 g/mol. The van der Waals surface area contributed by atoms with Crippen LogP contribution in [0.3, 0.4) is 0 Å². The first-order valence-electron chi connectivity index (χ1n) is 58.7. The number of hydrogen-bond donors (Lipinski definition) is 0. The maximum atomic E-state index is 9.86. The van der Waals surface area contributed by atoms with Crippen LogP contribution in [0.2, 0.25) is 0 Å². The van der Waals surface area contributed by atoms with Crippen LogP contribution in [0.25, 0.3) is 269 Å². The summed E-state index contributed by atoms with van der Waals surface area (Å²) in [5.41, 5.74) is 17.0. The van der Waals surface area contributed by atoms with Crippen LogP contribution in [0.4, 0.5) is 0 Å². The molecular weight excluding hydrogens is 1700 g/mol. The van der Waals surface area contributed by atoms with Crippen molar-refractivity contribution >= 4 is 140 Å². The van der Waals surface area contributed by atoms with Crippen molar-refractivity contribution in [1.82, 2.24) is 9.55 Å². The Bertz CT molecular complexity index is 11300. The van der Waals surface area contributed by atoms with Crippen LogP contribution in [0.5, 0.6) is 0 Å². The smallest absolute Gasteiger partial charge is 0.145 e. The first-order chi connectivity index (χ1) is 79.9. The molecule has 27 aromatic carbocycles. The number of imidazole rings is 1. The van der Waals surface area contributed by atoms with Crippen molar-refractivity contribution in [3.05, 3.63) is 545 Å². The molecule has 0 bridgehead atoms. The van der Waals surface area contributed by atoms with E-state index in [-0.39, 0.29) is 0 Å². The first-order valence-corrected chi connectivity index (χ1v) is 46.7. The van der Waals surface area contributed by atoms with Gasteiger partial charge in [0.1, 0.15) is 5.82 Å². The summed E-state index contributed by atoms with van der Waals surface area (Å²) in [6.07, 6.45) is 0. The molecule has 0 fully saturated rings. The summed E-state index contributed by atoms with van der Waals surface area (Å²) in [4.78, 5) is 5.12. The normalized spacial score (nSPS) is 13.9. The topological polar surface area (TPSA) is 17.8 Å². The second kappa shape index (κ2) is 35.7. The van der Waals surface area contributed by atoms with Crippen LogP contribution in [-0.2, 0) is 0 Å². The molecule has 28 aromatic rings. The third kappa shape index (κ3) is 15.1. The Balaban J connectivity index is 0.000000122. The van der Waals surface area contributed by atoms with Crippen LogP contribution in [0, 0.1) is 0 Å². The van der Waals surface area contributed by atoms with E-state index in [9.17, 15) is 5.48 Å². The van der Waals surface area contributed by atoms with Gasteiger partial charge in [0.2, 0.25) is 0 Å². The lowest BCUT2D eigenvalue weighted by atomic mass is 9.83. The zero-order valence-electron chi connectivity index (χ0n) is 99.5. The molecule has 0 N–H and O–H groups in total. The second-order valence-corrected chi connectivity index (χ2v) is 35.1. The lowest BCUT2D eigenvalue weighted by molar-refractivity contribution is 1.10. The van der Waals surface area contributed by atoms with E-state index in [1.165, 1.54) is 169 Å². The summed E-state index contributed by atoms with van der Waals surface area (Å²) in [6, 6.07) is 124. The van der Waals surface area contributed by atoms with E-state index in [4.69, 9.17) is 32.4 Å². The Morgan fingerprint density at radius 3 is 1.13 bits per heavy atom. The predicted molar refractivity (Wildman–Crippen MR) is 604 cm³/mol. The molecule has 0 aliphatic carbocycles. The minimum absolute atomic E-state index is 0.597. The van der Waals surface area contributed by atoms with Gasteiger partial charge in [0.25, 0.3) is 0 Å². The molecule has 0 atom stereocenters. The van der Waals surface area contributed by atoms with Gasteiger partial charge in [-0.05, 0) is 301 Å². The largest absolute Gasteiger partial charge is 0.292 e. The minimum atomic E-state index is -1.03. The fraction of sp³-hybridized carbons (Fsp3) is 0. The third-order valence-electron chi connectivity index (χ3n) is 27.2. The first kappa shape index (κ1) is 61.5. The van der Waals surface area contributed by atoms with Crippen molar-refractivity contribution in [1.29, 1.82) is 0 Å². The van der Waals surface area contributed by atoms with Crippen LogP contribution in [0.15, 0.2) is 545 Å². The summed E-state index contributed by atoms with van der Waals surface area (Å²) < 4.78 is 213. The van der Waals surface area contributed by atoms with Crippen LogP contribution in [-0.4, -0.2) is 9.55 Å². The van der Waals surface area contributed by atoms with Crippen molar-refractivity contribution < 1.29 is 32.9 Å². The fourth-order valence-electron chi connectivity index (χ4n) is 20.7. The van der Waals surface area contributed by atoms with Gasteiger partial charge in [0.15, 0.2) is 0 Å². The molecule has 0 aliphatic heterocycles. The summed E-state index contributed by atoms with van der Waals surface area (Å²) in [7, 11) is 0. The van der Waals surface area contributed by atoms with Gasteiger partial charge in [0, 0.05) is 11.3 Å². The van der Waals surface area contributed by atoms with Gasteiger partial charge in [-0.1, -0.05) is 485 Å². The van der Waals surface area contributed by atoms with Gasteiger partial charge >= 0.3 is 0 Å². The SMILES string of the molecule is [2H]c1c([2H])c([2H])c(-c2c3c([2H])c([2H])c([2H])c([2H])c3c(-c3c([2H])c([2H])c([2H])c([2H])c3[2H])c3c([2H])c(-c4c([2H])c([2H])c([2H])c5c([2H])c([2H])c([2H])c([2H])c45)c([2H])c([2H])c23)c([2H])c1[2H].c1ccc(-n2c(-c3ccc(-c4ccc5c(-c6ccc7ccccc7c6)c6ccccc6c(-c6ccc7ccccc7c6)c5c4)cc3)nc3ccccc32)cc1.c1ccc2cc(-c3ccc(-c4c5ccccc5c(-c5cccc6ccccc56)c5cc(-c6cccc7ccccc67)ccc45)cc3)ccc2c1. The van der Waals surface area contributed by atoms with Gasteiger partial charge in [-0.15, -0.1) is 0 Å². The maximum Gasteiger partial charge on any atom is 0.145 e. The number of para-hydroxylation sites is 3. The molecule has 0 saturated heterocycles. The van der Waals surface area contributed by atoms with Crippen LogP contribution in [0.1, 0.15) is 32.9 Å². The third-order valence-corrected chi connectivity index (χ3v) is 27.2. The molecule has 141 heavy (non-hydrogen) atoms. The van der Waals surface area contributed by atoms with Gasteiger partial charge in [0.05, 0.1) is 43.9 Å². The van der Waals surface area contributed by atoms with Gasteiger partial charge in [-0.25, -0.2) is 4.98 Å². The predicted octanol–water partition coefficient (Wildman–Crippen LogP) is 38.6. The molecule has 0 spiro atoms. The van der Waals surface area contributed by atoms with Crippen molar-refractivity contribution in [3.63, 3.8) is 0 Å². The Hall–Kier alpha value is -18.5. The zero-order valence-corrected chi connectivity index (χ0v) is 75.5. The number of hydrogen-bond acceptors (Lipinski definition) is 1. The Morgan fingerprint density at radius 2 is 0.539 bits per heavy atom. The highest BCUT2D eigenvalue weighted by atomic mass is 15.1. The zero-order chi connectivity index (χ0) is 114. The molecule has 0 saturated carbocycles. The van der Waals surface area contributed by atoms with Gasteiger partial charge in [-0.2, -0.15) is 0 Å². The quantitative estimate of drug-likeness (QED) is 0.112. The lowest BCUT2D eigenvalue weighted by Gasteiger charge is -2.20. The Morgan fingerprint density at radius 1 is 0.163 bits per heavy atom. The summed E-state index contributed by atoms with van der Waals surface area (Å²) in [5.74, 6) is 0.933. The molecule has 1 aromatic heterocycles. The van der Waals surface area contributed by atoms with E-state index in [2.05, 4.69) is 405 Å². The van der Waals surface area contributed by atoms with Gasteiger partial charge < -0.3 is 0 Å². The molecule has 2 heteroatoms. The fourth-order valence-corrected chi connectivity index (χ4v) is 20.7. The molecule has 1 heterocycles. The molecular formula is C139H90N2. The minimum Gasteiger partial charge on any atom is -0.292 e. The Kier molecular flexibility index (Phi) is 15.6. The van der Waals surface area contributed by atoms with Crippen LogP contribution < -0.4 is 0 Å². The van der Waals surface area contributed by atoms with E-state index in [0.717, 1.165) is 33.7 Å². The van der Waals surface area contributed by atoms with E-state index in [0.29, 0.717) is 0 Å². The molecule has 0 amide bonds. The number of nitrogens with zero attached hydrogens (tertiary/aromatic N) is 2. The van der Waals surface area contributed by atoms with Crippen molar-refractivity contribution in [2.75, 3.05) is 0 Å². The van der Waals surface area contributed by atoms with Crippen molar-refractivity contribution in [3.8, 4) is 128 Å². The number of fused-ring (bicyclic) bond motifs is 13. The number of rotatable bonds is 12. The average Bonchev–Trinajstić information content (AvgIpc) is 1.22. The second-order valence-electron chi connectivity index (χ2n) is 35.1. The van der Waals surface area contributed by atoms with E-state index >= 15 is 0 Å². The molecule has 2 nitrogen and oxygen atoms in total. The summed E-state index contributed by atoms with van der Waals surface area (Å²) in [6.45, 7) is 0. The highest BCUT2D eigenvalue weighted by Gasteiger charge is 2.25. The molecule has 0 unspecified atom stereocenters. The van der Waals surface area contributed by atoms with Gasteiger partial charge in [-0.3, -0.25) is 4.57 Å². The summed E-state index contributed by atoms with van der Waals surface area (Å²) in [5, 5.41) is 18.5. The van der Waals surface area contributed by atoms with Crippen molar-refractivity contribution in [2.45, 2.75) is 0 Å². The molecule has 0 aliphatic rings. The monoisotopic (exact) mass is 1810 g/mol. The molecule has 0 radical (unpaired) electrons.